The number of hydrogen-bond donors (Lipinski definition) is 1. The molecule has 0 radical (unpaired) electrons. The first-order valence-corrected chi connectivity index (χ1v) is 10.6. The summed E-state index contributed by atoms with van der Waals surface area (Å²) in [4.78, 5) is 20.9. The Hall–Kier alpha value is -2.96. The number of piperazine rings is 1. The van der Waals surface area contributed by atoms with Crippen LogP contribution in [0.5, 0.6) is 5.75 Å². The van der Waals surface area contributed by atoms with Gasteiger partial charge in [0.25, 0.3) is 5.91 Å². The Morgan fingerprint density at radius 1 is 1.13 bits per heavy atom. The van der Waals surface area contributed by atoms with Gasteiger partial charge in [-0.25, -0.2) is 0 Å². The summed E-state index contributed by atoms with van der Waals surface area (Å²) in [5.41, 5.74) is 1.11. The second-order valence-electron chi connectivity index (χ2n) is 7.80. The van der Waals surface area contributed by atoms with Crippen molar-refractivity contribution in [2.45, 2.75) is 26.8 Å². The van der Waals surface area contributed by atoms with Crippen LogP contribution in [0.1, 0.15) is 36.4 Å². The van der Waals surface area contributed by atoms with E-state index in [-0.39, 0.29) is 5.91 Å². The molecule has 3 rings (SSSR count). The Labute approximate surface area is 178 Å². The summed E-state index contributed by atoms with van der Waals surface area (Å²) in [5.74, 6) is 2.69. The molecule has 1 aliphatic heterocycles. The zero-order chi connectivity index (χ0) is 21.3. The fraction of sp³-hybridized carbons (Fsp3) is 0.478. The highest BCUT2D eigenvalue weighted by molar-refractivity contribution is 5.91. The normalized spacial score (nSPS) is 14.9. The van der Waals surface area contributed by atoms with Crippen LogP contribution in [-0.2, 0) is 6.54 Å². The van der Waals surface area contributed by atoms with Crippen LogP contribution >= 0.6 is 0 Å². The lowest BCUT2D eigenvalue weighted by Gasteiger charge is -2.36. The van der Waals surface area contributed by atoms with Gasteiger partial charge < -0.3 is 24.3 Å². The van der Waals surface area contributed by atoms with E-state index in [1.54, 1.807) is 19.2 Å². The first-order chi connectivity index (χ1) is 14.6. The SMILES string of the molecule is CN=C(NCc1ccccc1OCCC(C)C)N1CCN(C(=O)c2ccco2)CC1. The summed E-state index contributed by atoms with van der Waals surface area (Å²) in [5, 5.41) is 3.44. The third-order valence-corrected chi connectivity index (χ3v) is 5.17. The van der Waals surface area contributed by atoms with Crippen LogP contribution < -0.4 is 10.1 Å². The van der Waals surface area contributed by atoms with Gasteiger partial charge >= 0.3 is 0 Å². The van der Waals surface area contributed by atoms with Gasteiger partial charge in [-0.1, -0.05) is 32.0 Å². The Morgan fingerprint density at radius 3 is 2.53 bits per heavy atom. The highest BCUT2D eigenvalue weighted by Crippen LogP contribution is 2.19. The third-order valence-electron chi connectivity index (χ3n) is 5.17. The van der Waals surface area contributed by atoms with Gasteiger partial charge in [-0.05, 0) is 30.5 Å². The molecule has 1 amide bonds. The van der Waals surface area contributed by atoms with E-state index in [1.807, 2.05) is 23.1 Å². The third kappa shape index (κ3) is 5.78. The number of para-hydroxylation sites is 1. The van der Waals surface area contributed by atoms with Crippen molar-refractivity contribution in [2.24, 2.45) is 10.9 Å². The van der Waals surface area contributed by atoms with E-state index in [2.05, 4.69) is 35.1 Å². The molecule has 1 N–H and O–H groups in total. The summed E-state index contributed by atoms with van der Waals surface area (Å²) >= 11 is 0. The molecule has 0 atom stereocenters. The summed E-state index contributed by atoms with van der Waals surface area (Å²) < 4.78 is 11.2. The zero-order valence-electron chi connectivity index (χ0n) is 18.1. The Bertz CT molecular complexity index is 825. The molecule has 0 aliphatic carbocycles. The molecule has 0 unspecified atom stereocenters. The van der Waals surface area contributed by atoms with Gasteiger partial charge in [0.15, 0.2) is 11.7 Å². The second kappa shape index (κ2) is 10.7. The summed E-state index contributed by atoms with van der Waals surface area (Å²) in [6.07, 6.45) is 2.56. The molecule has 30 heavy (non-hydrogen) atoms. The van der Waals surface area contributed by atoms with E-state index < -0.39 is 0 Å². The van der Waals surface area contributed by atoms with Gasteiger partial charge in [0.2, 0.25) is 0 Å². The largest absolute Gasteiger partial charge is 0.493 e. The topological polar surface area (TPSA) is 70.3 Å². The summed E-state index contributed by atoms with van der Waals surface area (Å²) in [6.45, 7) is 8.46. The molecule has 1 saturated heterocycles. The van der Waals surface area contributed by atoms with E-state index in [9.17, 15) is 4.79 Å². The lowest BCUT2D eigenvalue weighted by Crippen LogP contribution is -2.53. The number of hydrogen-bond acceptors (Lipinski definition) is 4. The minimum absolute atomic E-state index is 0.0601. The minimum Gasteiger partial charge on any atom is -0.493 e. The standard InChI is InChI=1S/C23H32N4O3/c1-18(2)10-16-30-20-8-5-4-7-19(20)17-25-23(24-3)27-13-11-26(12-14-27)22(28)21-9-6-15-29-21/h4-9,15,18H,10-14,16-17H2,1-3H3,(H,24,25). The lowest BCUT2D eigenvalue weighted by molar-refractivity contribution is 0.0657. The molecule has 0 saturated carbocycles. The van der Waals surface area contributed by atoms with Crippen molar-refractivity contribution in [2.75, 3.05) is 39.8 Å². The summed E-state index contributed by atoms with van der Waals surface area (Å²) in [7, 11) is 1.79. The van der Waals surface area contributed by atoms with E-state index in [1.165, 1.54) is 6.26 Å². The van der Waals surface area contributed by atoms with Crippen molar-refractivity contribution < 1.29 is 13.9 Å². The average Bonchev–Trinajstić information content (AvgIpc) is 3.30. The number of guanidine groups is 1. The van der Waals surface area contributed by atoms with Crippen molar-refractivity contribution in [3.8, 4) is 5.75 Å². The van der Waals surface area contributed by atoms with Gasteiger partial charge in [-0.3, -0.25) is 9.79 Å². The molecular weight excluding hydrogens is 380 g/mol. The van der Waals surface area contributed by atoms with Crippen LogP contribution in [-0.4, -0.2) is 61.5 Å². The number of amides is 1. The number of aliphatic imine (C=N–C) groups is 1. The quantitative estimate of drug-likeness (QED) is 0.558. The second-order valence-corrected chi connectivity index (χ2v) is 7.80. The van der Waals surface area contributed by atoms with Crippen molar-refractivity contribution >= 4 is 11.9 Å². The van der Waals surface area contributed by atoms with Gasteiger partial charge in [-0.2, -0.15) is 0 Å². The minimum atomic E-state index is -0.0601. The number of ether oxygens (including phenoxy) is 1. The zero-order valence-corrected chi connectivity index (χ0v) is 18.1. The number of rotatable bonds is 7. The predicted molar refractivity (Wildman–Crippen MR) is 118 cm³/mol. The first-order valence-electron chi connectivity index (χ1n) is 10.6. The monoisotopic (exact) mass is 412 g/mol. The molecule has 7 nitrogen and oxygen atoms in total. The lowest BCUT2D eigenvalue weighted by atomic mass is 10.1. The molecule has 0 spiro atoms. The first kappa shape index (κ1) is 21.7. The van der Waals surface area contributed by atoms with Crippen LogP contribution in [0.25, 0.3) is 0 Å². The van der Waals surface area contributed by atoms with Crippen LogP contribution in [0.15, 0.2) is 52.1 Å². The van der Waals surface area contributed by atoms with Crippen molar-refractivity contribution in [1.82, 2.24) is 15.1 Å². The number of carbonyl (C=O) groups is 1. The highest BCUT2D eigenvalue weighted by Gasteiger charge is 2.25. The number of benzene rings is 1. The van der Waals surface area contributed by atoms with Gasteiger partial charge in [0.05, 0.1) is 12.9 Å². The summed E-state index contributed by atoms with van der Waals surface area (Å²) in [6, 6.07) is 11.5. The van der Waals surface area contributed by atoms with Crippen LogP contribution in [0.4, 0.5) is 0 Å². The number of carbonyl (C=O) groups excluding carboxylic acids is 1. The Morgan fingerprint density at radius 2 is 1.87 bits per heavy atom. The molecule has 0 bridgehead atoms. The van der Waals surface area contributed by atoms with Crippen LogP contribution in [0.2, 0.25) is 0 Å². The maximum atomic E-state index is 12.4. The van der Waals surface area contributed by atoms with Crippen molar-refractivity contribution in [3.05, 3.63) is 54.0 Å². The molecule has 1 aliphatic rings. The number of nitrogens with one attached hydrogen (secondary N) is 1. The molecule has 1 aromatic carbocycles. The van der Waals surface area contributed by atoms with E-state index >= 15 is 0 Å². The number of furan rings is 1. The Kier molecular flexibility index (Phi) is 7.76. The van der Waals surface area contributed by atoms with Crippen LogP contribution in [0, 0.1) is 5.92 Å². The maximum Gasteiger partial charge on any atom is 0.289 e. The molecule has 162 valence electrons. The van der Waals surface area contributed by atoms with Gasteiger partial charge in [0.1, 0.15) is 5.75 Å². The average molecular weight is 413 g/mol. The molecular formula is C23H32N4O3. The predicted octanol–water partition coefficient (Wildman–Crippen LogP) is 3.24. The van der Waals surface area contributed by atoms with Gasteiger partial charge in [-0.15, -0.1) is 0 Å². The number of nitrogens with zero attached hydrogens (tertiary/aromatic N) is 3. The molecule has 7 heteroatoms. The highest BCUT2D eigenvalue weighted by atomic mass is 16.5. The van der Waals surface area contributed by atoms with E-state index in [4.69, 9.17) is 9.15 Å². The fourth-order valence-electron chi connectivity index (χ4n) is 3.38. The smallest absolute Gasteiger partial charge is 0.289 e. The molecule has 1 aromatic heterocycles. The Balaban J connectivity index is 1.52. The molecule has 1 fully saturated rings. The van der Waals surface area contributed by atoms with Crippen molar-refractivity contribution in [3.63, 3.8) is 0 Å². The van der Waals surface area contributed by atoms with Crippen LogP contribution in [0.3, 0.4) is 0 Å². The van der Waals surface area contributed by atoms with Crippen molar-refractivity contribution in [1.29, 1.82) is 0 Å². The van der Waals surface area contributed by atoms with Gasteiger partial charge in [0, 0.05) is 45.3 Å². The molecule has 2 aromatic rings. The fourth-order valence-corrected chi connectivity index (χ4v) is 3.38. The van der Waals surface area contributed by atoms with E-state index in [0.717, 1.165) is 43.4 Å². The van der Waals surface area contributed by atoms with E-state index in [0.29, 0.717) is 31.3 Å². The molecule has 2 heterocycles. The maximum absolute atomic E-state index is 12.4.